The largest absolute Gasteiger partial charge is 0.507 e. The number of benzene rings is 1. The van der Waals surface area contributed by atoms with Crippen LogP contribution in [0.5, 0.6) is 5.75 Å². The lowest BCUT2D eigenvalue weighted by molar-refractivity contribution is 0.255. The van der Waals surface area contributed by atoms with Crippen molar-refractivity contribution in [3.63, 3.8) is 0 Å². The quantitative estimate of drug-likeness (QED) is 0.481. The van der Waals surface area contributed by atoms with Crippen LogP contribution in [-0.4, -0.2) is 61.8 Å². The lowest BCUT2D eigenvalue weighted by atomic mass is 9.91. The minimum Gasteiger partial charge on any atom is -0.507 e. The average molecular weight is 456 g/mol. The molecule has 0 spiro atoms. The number of nitrogens with one attached hydrogen (secondary N) is 1. The minimum absolute atomic E-state index is 0.0908. The predicted octanol–water partition coefficient (Wildman–Crippen LogP) is 4.05. The predicted molar refractivity (Wildman–Crippen MR) is 132 cm³/mol. The van der Waals surface area contributed by atoms with Crippen LogP contribution in [0.3, 0.4) is 0 Å². The molecular weight excluding hydrogens is 426 g/mol. The number of para-hydroxylation sites is 1. The first-order valence-electron chi connectivity index (χ1n) is 12.0. The van der Waals surface area contributed by atoms with Crippen molar-refractivity contribution in [3.8, 4) is 17.0 Å². The molecule has 0 amide bonds. The number of likely N-dealkylation sites (tertiary alicyclic amines) is 1. The first-order chi connectivity index (χ1) is 16.6. The van der Waals surface area contributed by atoms with E-state index in [-0.39, 0.29) is 11.8 Å². The Morgan fingerprint density at radius 2 is 1.79 bits per heavy atom. The number of fused-ring (bicyclic) bond motifs is 3. The fourth-order valence-corrected chi connectivity index (χ4v) is 5.45. The maximum absolute atomic E-state index is 10.3. The van der Waals surface area contributed by atoms with Gasteiger partial charge in [-0.3, -0.25) is 0 Å². The van der Waals surface area contributed by atoms with Crippen LogP contribution in [0.2, 0.25) is 0 Å². The second-order valence-electron chi connectivity index (χ2n) is 9.54. The van der Waals surface area contributed by atoms with Crippen LogP contribution in [0.1, 0.15) is 48.5 Å². The summed E-state index contributed by atoms with van der Waals surface area (Å²) in [5.74, 6) is 1.52. The third-order valence-corrected chi connectivity index (χ3v) is 7.45. The molecule has 2 aliphatic rings. The molecular formula is C26H29N7O. The van der Waals surface area contributed by atoms with Gasteiger partial charge in [-0.1, -0.05) is 12.1 Å². The second kappa shape index (κ2) is 8.36. The van der Waals surface area contributed by atoms with E-state index in [2.05, 4.69) is 39.0 Å². The summed E-state index contributed by atoms with van der Waals surface area (Å²) in [4.78, 5) is 17.7. The molecule has 1 fully saturated rings. The van der Waals surface area contributed by atoms with Crippen LogP contribution in [0.25, 0.3) is 22.3 Å². The van der Waals surface area contributed by atoms with Gasteiger partial charge in [0, 0.05) is 47.6 Å². The second-order valence-corrected chi connectivity index (χ2v) is 9.54. The molecule has 34 heavy (non-hydrogen) atoms. The lowest BCUT2D eigenvalue weighted by Gasteiger charge is -2.34. The van der Waals surface area contributed by atoms with Crippen LogP contribution < -0.4 is 4.90 Å². The Morgan fingerprint density at radius 3 is 2.56 bits per heavy atom. The number of hydrogen-bond acceptors (Lipinski definition) is 7. The van der Waals surface area contributed by atoms with Crippen molar-refractivity contribution in [2.45, 2.75) is 38.1 Å². The molecule has 0 aliphatic carbocycles. The molecule has 1 atom stereocenters. The summed E-state index contributed by atoms with van der Waals surface area (Å²) in [6, 6.07) is 9.35. The normalized spacial score (nSPS) is 19.5. The van der Waals surface area contributed by atoms with Crippen LogP contribution in [0, 0.1) is 0 Å². The molecule has 8 heteroatoms. The highest BCUT2D eigenvalue weighted by atomic mass is 16.3. The van der Waals surface area contributed by atoms with E-state index < -0.39 is 0 Å². The monoisotopic (exact) mass is 455 g/mol. The highest BCUT2D eigenvalue weighted by molar-refractivity contribution is 5.86. The number of anilines is 1. The van der Waals surface area contributed by atoms with Gasteiger partial charge < -0.3 is 19.9 Å². The van der Waals surface area contributed by atoms with Gasteiger partial charge in [0.2, 0.25) is 5.95 Å². The molecule has 0 radical (unpaired) electrons. The van der Waals surface area contributed by atoms with Crippen molar-refractivity contribution < 1.29 is 5.11 Å². The van der Waals surface area contributed by atoms with Gasteiger partial charge in [-0.05, 0) is 69.6 Å². The zero-order valence-electron chi connectivity index (χ0n) is 19.6. The van der Waals surface area contributed by atoms with Gasteiger partial charge in [-0.2, -0.15) is 0 Å². The van der Waals surface area contributed by atoms with Crippen molar-refractivity contribution in [2.75, 3.05) is 31.6 Å². The molecule has 3 aromatic heterocycles. The summed E-state index contributed by atoms with van der Waals surface area (Å²) < 4.78 is 0. The molecule has 4 aromatic rings. The molecule has 6 rings (SSSR count). The number of piperidine rings is 1. The van der Waals surface area contributed by atoms with E-state index in [4.69, 9.17) is 9.97 Å². The first kappa shape index (κ1) is 21.0. The molecule has 0 bridgehead atoms. The Morgan fingerprint density at radius 1 is 1.03 bits per heavy atom. The van der Waals surface area contributed by atoms with E-state index in [1.165, 1.54) is 29.7 Å². The van der Waals surface area contributed by atoms with E-state index >= 15 is 0 Å². The Kier molecular flexibility index (Phi) is 5.17. The van der Waals surface area contributed by atoms with Crippen molar-refractivity contribution in [1.29, 1.82) is 0 Å². The number of aromatic hydroxyl groups is 1. The van der Waals surface area contributed by atoms with Crippen molar-refractivity contribution in [2.24, 2.45) is 0 Å². The summed E-state index contributed by atoms with van der Waals surface area (Å²) in [6.07, 6.45) is 7.24. The van der Waals surface area contributed by atoms with E-state index in [0.29, 0.717) is 17.2 Å². The number of H-pyrrole nitrogens is 1. The third-order valence-electron chi connectivity index (χ3n) is 7.45. The van der Waals surface area contributed by atoms with Crippen LogP contribution in [0.4, 0.5) is 5.95 Å². The molecule has 2 N–H and O–H groups in total. The number of aromatic nitrogens is 5. The summed E-state index contributed by atoms with van der Waals surface area (Å²) in [5, 5.41) is 20.1. The standard InChI is InChI=1S/C26H29N7O/c1-16-24-20-13-22(19-5-3-4-6-23(19)34)30-31-25(20)29-21(24)9-12-33(16)26-27-14-18(15-28-26)17-7-10-32(2)11-8-17/h3-6,13-17,34H,7-12H2,1-2H3,(H,29,31)/t16-/m0/s1. The molecule has 0 saturated carbocycles. The molecule has 1 aromatic carbocycles. The smallest absolute Gasteiger partial charge is 0.225 e. The van der Waals surface area contributed by atoms with Gasteiger partial charge in [-0.15, -0.1) is 10.2 Å². The number of rotatable bonds is 3. The van der Waals surface area contributed by atoms with Crippen molar-refractivity contribution in [1.82, 2.24) is 30.0 Å². The highest BCUT2D eigenvalue weighted by Crippen LogP contribution is 2.38. The lowest BCUT2D eigenvalue weighted by Crippen LogP contribution is -2.35. The van der Waals surface area contributed by atoms with Crippen molar-refractivity contribution >= 4 is 17.0 Å². The molecule has 8 nitrogen and oxygen atoms in total. The Balaban J connectivity index is 1.31. The zero-order chi connectivity index (χ0) is 23.2. The molecule has 5 heterocycles. The number of aromatic amines is 1. The van der Waals surface area contributed by atoms with E-state index in [1.807, 2.05) is 30.6 Å². The Bertz CT molecular complexity index is 1320. The topological polar surface area (TPSA) is 94.1 Å². The van der Waals surface area contributed by atoms with Crippen molar-refractivity contribution in [3.05, 3.63) is 59.5 Å². The zero-order valence-corrected chi connectivity index (χ0v) is 19.6. The Labute approximate surface area is 198 Å². The summed E-state index contributed by atoms with van der Waals surface area (Å²) in [5.41, 5.74) is 5.75. The summed E-state index contributed by atoms with van der Waals surface area (Å²) in [7, 11) is 2.18. The fourth-order valence-electron chi connectivity index (χ4n) is 5.45. The number of phenols is 1. The molecule has 1 saturated heterocycles. The van der Waals surface area contributed by atoms with Gasteiger partial charge in [-0.25, -0.2) is 9.97 Å². The highest BCUT2D eigenvalue weighted by Gasteiger charge is 2.30. The Hall–Kier alpha value is -3.52. The maximum atomic E-state index is 10.3. The summed E-state index contributed by atoms with van der Waals surface area (Å²) >= 11 is 0. The van der Waals surface area contributed by atoms with Gasteiger partial charge in [0.15, 0.2) is 5.65 Å². The van der Waals surface area contributed by atoms with Gasteiger partial charge >= 0.3 is 0 Å². The molecule has 0 unspecified atom stereocenters. The van der Waals surface area contributed by atoms with E-state index in [9.17, 15) is 5.11 Å². The SMILES string of the molecule is C[C@H]1c2c([nH]c3nnc(-c4ccccc4O)cc23)CCN1c1ncc(C2CCN(C)CC2)cn1. The number of nitrogens with zero attached hydrogens (tertiary/aromatic N) is 6. The first-order valence-corrected chi connectivity index (χ1v) is 12.0. The van der Waals surface area contributed by atoms with E-state index in [0.717, 1.165) is 43.0 Å². The van der Waals surface area contributed by atoms with Crippen LogP contribution in [0.15, 0.2) is 42.7 Å². The maximum Gasteiger partial charge on any atom is 0.225 e. The third kappa shape index (κ3) is 3.58. The minimum atomic E-state index is 0.0908. The van der Waals surface area contributed by atoms with Crippen LogP contribution >= 0.6 is 0 Å². The van der Waals surface area contributed by atoms with Gasteiger partial charge in [0.25, 0.3) is 0 Å². The molecule has 174 valence electrons. The molecule has 2 aliphatic heterocycles. The fraction of sp³-hybridized carbons (Fsp3) is 0.385. The van der Waals surface area contributed by atoms with E-state index in [1.54, 1.807) is 12.1 Å². The van der Waals surface area contributed by atoms with Gasteiger partial charge in [0.05, 0.1) is 11.7 Å². The number of hydrogen-bond donors (Lipinski definition) is 2. The number of phenolic OH excluding ortho intramolecular Hbond substituents is 1. The van der Waals surface area contributed by atoms with Crippen LogP contribution in [-0.2, 0) is 6.42 Å². The van der Waals surface area contributed by atoms with Gasteiger partial charge in [0.1, 0.15) is 5.75 Å². The summed E-state index contributed by atoms with van der Waals surface area (Å²) in [6.45, 7) is 5.29. The average Bonchev–Trinajstić information content (AvgIpc) is 3.24.